The number of carbonyl (C=O) groups is 1. The van der Waals surface area contributed by atoms with Crippen LogP contribution < -0.4 is 10.3 Å². The molecule has 0 saturated carbocycles. The van der Waals surface area contributed by atoms with Crippen LogP contribution in [0, 0.1) is 0 Å². The first kappa shape index (κ1) is 38.3. The molecule has 0 bridgehead atoms. The van der Waals surface area contributed by atoms with E-state index in [0.29, 0.717) is 11.3 Å². The van der Waals surface area contributed by atoms with Gasteiger partial charge in [0.1, 0.15) is 10.3 Å². The molecule has 0 spiro atoms. The molecule has 1 saturated heterocycles. The minimum Gasteiger partial charge on any atom is -0.598 e. The molecule has 1 fully saturated rings. The van der Waals surface area contributed by atoms with Crippen LogP contribution in [0.1, 0.15) is 63.1 Å². The number of amides is 1. The lowest BCUT2D eigenvalue weighted by atomic mass is 9.90. The Hall–Kier alpha value is -3.93. The van der Waals surface area contributed by atoms with E-state index in [0.717, 1.165) is 0 Å². The summed E-state index contributed by atoms with van der Waals surface area (Å²) < 4.78 is 99.6. The third kappa shape index (κ3) is 8.59. The Labute approximate surface area is 292 Å². The molecule has 5 rings (SSSR count). The van der Waals surface area contributed by atoms with E-state index in [9.17, 15) is 45.6 Å². The molecule has 2 N–H and O–H groups in total. The van der Waals surface area contributed by atoms with Gasteiger partial charge in [0, 0.05) is 43.5 Å². The molecule has 17 heteroatoms. The van der Waals surface area contributed by atoms with Gasteiger partial charge in [-0.15, -0.1) is 4.72 Å². The summed E-state index contributed by atoms with van der Waals surface area (Å²) in [5.41, 5.74) is -1.33. The van der Waals surface area contributed by atoms with Gasteiger partial charge in [-0.25, -0.2) is 4.98 Å². The van der Waals surface area contributed by atoms with E-state index in [-0.39, 0.29) is 54.6 Å². The van der Waals surface area contributed by atoms with E-state index >= 15 is 0 Å². The summed E-state index contributed by atoms with van der Waals surface area (Å²) >= 11 is -2.00. The summed E-state index contributed by atoms with van der Waals surface area (Å²) in [6.07, 6.45) is -8.90. The van der Waals surface area contributed by atoms with Gasteiger partial charge in [0.2, 0.25) is 5.91 Å². The molecule has 3 atom stereocenters. The molecule has 276 valence electrons. The van der Waals surface area contributed by atoms with Crippen molar-refractivity contribution in [2.75, 3.05) is 13.1 Å². The minimum atomic E-state index is -4.73. The zero-order chi connectivity index (χ0) is 37.5. The second kappa shape index (κ2) is 14.2. The Morgan fingerprint density at radius 1 is 0.961 bits per heavy atom. The predicted octanol–water partition coefficient (Wildman–Crippen LogP) is 5.54. The van der Waals surface area contributed by atoms with E-state index in [2.05, 4.69) is 14.8 Å². The Morgan fingerprint density at radius 3 is 2.12 bits per heavy atom. The molecule has 4 aromatic rings. The maximum Gasteiger partial charge on any atom is 0.412 e. The number of aliphatic hydroxyl groups is 1. The van der Waals surface area contributed by atoms with Crippen LogP contribution in [0.5, 0.6) is 0 Å². The first-order valence-corrected chi connectivity index (χ1v) is 17.2. The number of rotatable bonds is 9. The van der Waals surface area contributed by atoms with Crippen molar-refractivity contribution in [3.63, 3.8) is 0 Å². The third-order valence-electron chi connectivity index (χ3n) is 8.93. The molecule has 0 aliphatic carbocycles. The number of piperidine rings is 1. The Morgan fingerprint density at radius 2 is 1.57 bits per heavy atom. The molecule has 1 aliphatic heterocycles. The van der Waals surface area contributed by atoms with E-state index in [1.807, 2.05) is 0 Å². The first-order valence-electron chi connectivity index (χ1n) is 16.1. The van der Waals surface area contributed by atoms with Crippen molar-refractivity contribution < 1.29 is 40.8 Å². The second-order valence-electron chi connectivity index (χ2n) is 13.8. The number of halogens is 6. The monoisotopic (exact) mass is 740 g/mol. The number of aryl methyl sites for hydroxylation is 1. The van der Waals surface area contributed by atoms with E-state index in [1.165, 1.54) is 69.0 Å². The summed E-state index contributed by atoms with van der Waals surface area (Å²) in [5, 5.41) is 15.6. The molecule has 1 aliphatic rings. The molecule has 2 unspecified atom stereocenters. The summed E-state index contributed by atoms with van der Waals surface area (Å²) in [4.78, 5) is 32.1. The molecule has 10 nitrogen and oxygen atoms in total. The topological polar surface area (TPSA) is 128 Å². The van der Waals surface area contributed by atoms with Gasteiger partial charge >= 0.3 is 12.4 Å². The van der Waals surface area contributed by atoms with Gasteiger partial charge in [-0.1, -0.05) is 54.6 Å². The molecule has 51 heavy (non-hydrogen) atoms. The normalized spacial score (nSPS) is 17.4. The van der Waals surface area contributed by atoms with Crippen molar-refractivity contribution in [3.8, 4) is 11.3 Å². The maximum absolute atomic E-state index is 13.9. The van der Waals surface area contributed by atoms with Gasteiger partial charge in [0.05, 0.1) is 30.1 Å². The lowest BCUT2D eigenvalue weighted by molar-refractivity contribution is -0.162. The number of aromatic nitrogens is 4. The van der Waals surface area contributed by atoms with Gasteiger partial charge in [-0.2, -0.15) is 31.4 Å². The van der Waals surface area contributed by atoms with Gasteiger partial charge in [0.15, 0.2) is 11.6 Å². The second-order valence-corrected chi connectivity index (χ2v) is 15.8. The van der Waals surface area contributed by atoms with E-state index < -0.39 is 63.9 Å². The molecular formula is C34H38F6N6O4S. The third-order valence-corrected chi connectivity index (χ3v) is 10.5. The highest BCUT2D eigenvalue weighted by Crippen LogP contribution is 2.39. The average Bonchev–Trinajstić information content (AvgIpc) is 3.39. The average molecular weight is 741 g/mol. The van der Waals surface area contributed by atoms with Crippen molar-refractivity contribution in [1.29, 1.82) is 0 Å². The van der Waals surface area contributed by atoms with Crippen LogP contribution in [0.15, 0.2) is 65.7 Å². The van der Waals surface area contributed by atoms with Crippen molar-refractivity contribution in [1.82, 2.24) is 29.0 Å². The van der Waals surface area contributed by atoms with Gasteiger partial charge in [0.25, 0.3) is 5.56 Å². The summed E-state index contributed by atoms with van der Waals surface area (Å²) in [7, 11) is 1.54. The largest absolute Gasteiger partial charge is 0.598 e. The highest BCUT2D eigenvalue weighted by atomic mass is 32.2. The SMILES string of the molecule is Cn1nc2c(=O)n(CC3(O)CCN(C(=O)CC(c4ccccc4)C(F)(F)F)CC3)cnc2c1-c1ccc([C@H](N[S+]([O-])C(C)(C)C)C(F)(F)F)cc1. The van der Waals surface area contributed by atoms with Crippen molar-refractivity contribution >= 4 is 28.3 Å². The molecule has 0 radical (unpaired) electrons. The van der Waals surface area contributed by atoms with Crippen LogP contribution in [0.2, 0.25) is 0 Å². The fourth-order valence-electron chi connectivity index (χ4n) is 6.03. The fourth-order valence-corrected chi connectivity index (χ4v) is 6.87. The van der Waals surface area contributed by atoms with Gasteiger partial charge in [-0.3, -0.25) is 18.8 Å². The number of fused-ring (bicyclic) bond motifs is 1. The Bertz CT molecular complexity index is 1900. The van der Waals surface area contributed by atoms with Crippen molar-refractivity contribution in [3.05, 3.63) is 82.4 Å². The smallest absolute Gasteiger partial charge is 0.412 e. The Balaban J connectivity index is 1.30. The lowest BCUT2D eigenvalue weighted by Crippen LogP contribution is -2.50. The Kier molecular flexibility index (Phi) is 10.7. The van der Waals surface area contributed by atoms with Crippen LogP contribution in [0.3, 0.4) is 0 Å². The van der Waals surface area contributed by atoms with Gasteiger partial charge in [-0.05, 0) is 44.7 Å². The van der Waals surface area contributed by atoms with E-state index in [1.54, 1.807) is 33.9 Å². The number of carbonyl (C=O) groups excluding carboxylic acids is 1. The number of benzene rings is 2. The maximum atomic E-state index is 13.9. The standard InChI is InChI=1S/C34H38F6N6O4S/c1-31(2,3)51(50)43-29(34(38,39)40)23-12-10-22(11-13-23)28-26-27(42-44(28)4)30(48)46(20-41-26)19-32(49)14-16-45(17-15-32)25(47)18-24(33(35,36)37)21-8-6-5-7-9-21/h5-13,20,24,29,43,49H,14-19H2,1-4H3/t24?,29-,51?/m0/s1. The molecule has 2 aromatic carbocycles. The summed E-state index contributed by atoms with van der Waals surface area (Å²) in [6.45, 7) is 4.42. The predicted molar refractivity (Wildman–Crippen MR) is 179 cm³/mol. The lowest BCUT2D eigenvalue weighted by Gasteiger charge is -2.39. The molecular weight excluding hydrogens is 702 g/mol. The minimum absolute atomic E-state index is 0.00216. The molecule has 2 aromatic heterocycles. The van der Waals surface area contributed by atoms with Crippen LogP contribution in [0.25, 0.3) is 22.3 Å². The highest BCUT2D eigenvalue weighted by Gasteiger charge is 2.46. The molecule has 3 heterocycles. The summed E-state index contributed by atoms with van der Waals surface area (Å²) in [6, 6.07) is 10.4. The number of hydrogen-bond acceptors (Lipinski definition) is 7. The molecule has 1 amide bonds. The fraction of sp³-hybridized carbons (Fsp3) is 0.471. The van der Waals surface area contributed by atoms with Crippen molar-refractivity contribution in [2.24, 2.45) is 7.05 Å². The van der Waals surface area contributed by atoms with Crippen molar-refractivity contribution in [2.45, 2.75) is 81.2 Å². The number of nitrogens with one attached hydrogen (secondary N) is 1. The van der Waals surface area contributed by atoms with Crippen LogP contribution in [-0.2, 0) is 29.7 Å². The van der Waals surface area contributed by atoms with Crippen LogP contribution >= 0.6 is 0 Å². The van der Waals surface area contributed by atoms with Crippen LogP contribution in [0.4, 0.5) is 26.3 Å². The first-order chi connectivity index (χ1) is 23.7. The number of alkyl halides is 6. The number of likely N-dealkylation sites (tertiary alicyclic amines) is 1. The zero-order valence-electron chi connectivity index (χ0n) is 28.3. The quantitative estimate of drug-likeness (QED) is 0.170. The number of hydrogen-bond donors (Lipinski definition) is 2. The van der Waals surface area contributed by atoms with Gasteiger partial charge < -0.3 is 14.6 Å². The van der Waals surface area contributed by atoms with E-state index in [4.69, 9.17) is 0 Å². The highest BCUT2D eigenvalue weighted by molar-refractivity contribution is 7.90. The summed E-state index contributed by atoms with van der Waals surface area (Å²) in [5.74, 6) is -2.66. The zero-order valence-corrected chi connectivity index (χ0v) is 29.1. The number of nitrogens with zero attached hydrogens (tertiary/aromatic N) is 5. The van der Waals surface area contributed by atoms with Crippen LogP contribution in [-0.4, -0.2) is 75.6 Å².